The summed E-state index contributed by atoms with van der Waals surface area (Å²) in [4.78, 5) is 15.8. The third-order valence-electron chi connectivity index (χ3n) is 5.72. The van der Waals surface area contributed by atoms with Crippen LogP contribution in [0.4, 0.5) is 4.39 Å². The first-order chi connectivity index (χ1) is 15.1. The molecule has 7 heteroatoms. The Balaban J connectivity index is 1.75. The monoisotopic (exact) mass is 410 g/mol. The van der Waals surface area contributed by atoms with E-state index in [0.29, 0.717) is 29.2 Å². The van der Waals surface area contributed by atoms with E-state index in [4.69, 9.17) is 15.7 Å². The molecule has 2 aromatic carbocycles. The van der Waals surface area contributed by atoms with Gasteiger partial charge in [0.1, 0.15) is 11.7 Å². The van der Waals surface area contributed by atoms with Gasteiger partial charge in [0.05, 0.1) is 11.6 Å². The molecule has 152 valence electrons. The number of nitrogens with two attached hydrogens (primary N) is 1. The van der Waals surface area contributed by atoms with Crippen LogP contribution in [0.1, 0.15) is 23.1 Å². The standard InChI is InChI=1S/C24H19FN6/c25-21-6-5-16(15-26)13-20(21)17-3-1-4-19(14-17)24(18-7-10-28-11-8-18)22-29-9-2-12-31(22)23(27)30-24/h1,3-8,10-11,13-14H,2,9,12H2,(H2,27,30). The van der Waals surface area contributed by atoms with Gasteiger partial charge in [-0.15, -0.1) is 0 Å². The van der Waals surface area contributed by atoms with Gasteiger partial charge in [-0.2, -0.15) is 5.26 Å². The van der Waals surface area contributed by atoms with Gasteiger partial charge >= 0.3 is 0 Å². The average molecular weight is 410 g/mol. The van der Waals surface area contributed by atoms with Gasteiger partial charge in [-0.1, -0.05) is 18.2 Å². The summed E-state index contributed by atoms with van der Waals surface area (Å²) < 4.78 is 14.7. The number of hydrogen-bond acceptors (Lipinski definition) is 6. The minimum Gasteiger partial charge on any atom is -0.369 e. The molecule has 0 amide bonds. The molecule has 5 rings (SSSR count). The van der Waals surface area contributed by atoms with Crippen LogP contribution in [0.15, 0.2) is 77.0 Å². The van der Waals surface area contributed by atoms with Gasteiger partial charge < -0.3 is 5.73 Å². The Labute approximate surface area is 179 Å². The minimum atomic E-state index is -0.938. The van der Waals surface area contributed by atoms with Gasteiger partial charge in [-0.3, -0.25) is 14.9 Å². The fourth-order valence-electron chi connectivity index (χ4n) is 4.29. The number of nitrogens with zero attached hydrogens (tertiary/aromatic N) is 5. The Morgan fingerprint density at radius 2 is 1.90 bits per heavy atom. The first-order valence-electron chi connectivity index (χ1n) is 10.0. The molecule has 3 aromatic rings. The molecule has 6 nitrogen and oxygen atoms in total. The Kier molecular flexibility index (Phi) is 4.48. The molecule has 0 bridgehead atoms. The maximum Gasteiger partial charge on any atom is 0.198 e. The maximum absolute atomic E-state index is 14.7. The van der Waals surface area contributed by atoms with Crippen LogP contribution in [-0.4, -0.2) is 34.8 Å². The van der Waals surface area contributed by atoms with E-state index in [1.165, 1.54) is 12.1 Å². The zero-order chi connectivity index (χ0) is 21.4. The van der Waals surface area contributed by atoms with Crippen molar-refractivity contribution in [2.24, 2.45) is 15.7 Å². The number of guanidine groups is 1. The number of aromatic nitrogens is 1. The highest BCUT2D eigenvalue weighted by Crippen LogP contribution is 2.42. The van der Waals surface area contributed by atoms with E-state index in [1.54, 1.807) is 18.5 Å². The molecule has 0 fully saturated rings. The number of nitriles is 1. The molecular weight excluding hydrogens is 391 g/mol. The van der Waals surface area contributed by atoms with Crippen LogP contribution in [0.2, 0.25) is 0 Å². The Bertz CT molecular complexity index is 1260. The Morgan fingerprint density at radius 3 is 2.71 bits per heavy atom. The lowest BCUT2D eigenvalue weighted by Gasteiger charge is -2.33. The quantitative estimate of drug-likeness (QED) is 0.716. The summed E-state index contributed by atoms with van der Waals surface area (Å²) in [6, 6.07) is 17.8. The van der Waals surface area contributed by atoms with Gasteiger partial charge in [-0.05, 0) is 59.5 Å². The smallest absolute Gasteiger partial charge is 0.198 e. The number of rotatable bonds is 3. The summed E-state index contributed by atoms with van der Waals surface area (Å²) in [5, 5.41) is 9.24. The molecule has 2 aliphatic rings. The third-order valence-corrected chi connectivity index (χ3v) is 5.72. The van der Waals surface area contributed by atoms with Crippen LogP contribution in [0.3, 0.4) is 0 Å². The SMILES string of the molecule is N#Cc1ccc(F)c(-c2cccc(C3(c4ccncc4)N=C(N)N4CCCN=C43)c2)c1. The van der Waals surface area contributed by atoms with Crippen LogP contribution >= 0.6 is 0 Å². The molecule has 1 unspecified atom stereocenters. The molecule has 0 spiro atoms. The number of benzene rings is 2. The summed E-state index contributed by atoms with van der Waals surface area (Å²) in [5.74, 6) is 0.796. The predicted octanol–water partition coefficient (Wildman–Crippen LogP) is 3.44. The lowest BCUT2D eigenvalue weighted by atomic mass is 9.81. The summed E-state index contributed by atoms with van der Waals surface area (Å²) in [6.07, 6.45) is 4.34. The average Bonchev–Trinajstić information content (AvgIpc) is 3.14. The topological polar surface area (TPSA) is 90.7 Å². The van der Waals surface area contributed by atoms with Gasteiger partial charge in [0.15, 0.2) is 11.5 Å². The van der Waals surface area contributed by atoms with E-state index < -0.39 is 5.54 Å². The van der Waals surface area contributed by atoms with E-state index in [-0.39, 0.29) is 5.82 Å². The van der Waals surface area contributed by atoms with Crippen molar-refractivity contribution in [1.82, 2.24) is 9.88 Å². The normalized spacial score (nSPS) is 19.9. The molecule has 2 N–H and O–H groups in total. The second kappa shape index (κ2) is 7.33. The molecule has 1 atom stereocenters. The van der Waals surface area contributed by atoms with Crippen molar-refractivity contribution in [3.05, 3.63) is 89.5 Å². The summed E-state index contributed by atoms with van der Waals surface area (Å²) in [6.45, 7) is 1.44. The second-order valence-electron chi connectivity index (χ2n) is 7.51. The van der Waals surface area contributed by atoms with Crippen molar-refractivity contribution in [3.8, 4) is 17.2 Å². The molecule has 1 aromatic heterocycles. The fraction of sp³-hybridized carbons (Fsp3) is 0.167. The van der Waals surface area contributed by atoms with Crippen molar-refractivity contribution < 1.29 is 4.39 Å². The highest BCUT2D eigenvalue weighted by Gasteiger charge is 2.49. The molecule has 0 radical (unpaired) electrons. The third kappa shape index (κ3) is 2.96. The Hall–Kier alpha value is -4.05. The lowest BCUT2D eigenvalue weighted by molar-refractivity contribution is 0.531. The van der Waals surface area contributed by atoms with Crippen molar-refractivity contribution in [2.45, 2.75) is 12.0 Å². The van der Waals surface area contributed by atoms with E-state index in [1.807, 2.05) is 41.3 Å². The number of amidine groups is 1. The predicted molar refractivity (Wildman–Crippen MR) is 117 cm³/mol. The van der Waals surface area contributed by atoms with Crippen molar-refractivity contribution in [2.75, 3.05) is 13.1 Å². The van der Waals surface area contributed by atoms with Crippen LogP contribution < -0.4 is 5.73 Å². The highest BCUT2D eigenvalue weighted by atomic mass is 19.1. The molecule has 31 heavy (non-hydrogen) atoms. The van der Waals surface area contributed by atoms with E-state index >= 15 is 0 Å². The molecular formula is C24H19FN6. The van der Waals surface area contributed by atoms with E-state index in [9.17, 15) is 9.65 Å². The zero-order valence-corrected chi connectivity index (χ0v) is 16.7. The fourth-order valence-corrected chi connectivity index (χ4v) is 4.29. The minimum absolute atomic E-state index is 0.364. The zero-order valence-electron chi connectivity index (χ0n) is 16.7. The van der Waals surface area contributed by atoms with E-state index in [0.717, 1.165) is 29.9 Å². The van der Waals surface area contributed by atoms with Gasteiger partial charge in [0, 0.05) is 31.0 Å². The van der Waals surface area contributed by atoms with E-state index in [2.05, 4.69) is 11.1 Å². The highest BCUT2D eigenvalue weighted by molar-refractivity contribution is 6.12. The summed E-state index contributed by atoms with van der Waals surface area (Å²) in [5.41, 5.74) is 8.53. The molecule has 0 saturated heterocycles. The first kappa shape index (κ1) is 18.9. The lowest BCUT2D eigenvalue weighted by Crippen LogP contribution is -2.46. The van der Waals surface area contributed by atoms with Crippen molar-refractivity contribution >= 4 is 11.8 Å². The molecule has 0 saturated carbocycles. The van der Waals surface area contributed by atoms with Crippen LogP contribution in [0, 0.1) is 17.1 Å². The summed E-state index contributed by atoms with van der Waals surface area (Å²) in [7, 11) is 0. The van der Waals surface area contributed by atoms with Crippen LogP contribution in [0.5, 0.6) is 0 Å². The second-order valence-corrected chi connectivity index (χ2v) is 7.51. The van der Waals surface area contributed by atoms with Crippen LogP contribution in [0.25, 0.3) is 11.1 Å². The maximum atomic E-state index is 14.7. The van der Waals surface area contributed by atoms with Crippen molar-refractivity contribution in [1.29, 1.82) is 5.26 Å². The largest absolute Gasteiger partial charge is 0.369 e. The molecule has 3 heterocycles. The number of hydrogen-bond donors (Lipinski definition) is 1. The van der Waals surface area contributed by atoms with Gasteiger partial charge in [0.25, 0.3) is 0 Å². The molecule has 2 aliphatic heterocycles. The summed E-state index contributed by atoms with van der Waals surface area (Å²) >= 11 is 0. The first-order valence-corrected chi connectivity index (χ1v) is 10.0. The van der Waals surface area contributed by atoms with Gasteiger partial charge in [-0.25, -0.2) is 9.38 Å². The number of pyridine rings is 1. The molecule has 0 aliphatic carbocycles. The number of halogens is 1. The Morgan fingerprint density at radius 1 is 1.06 bits per heavy atom. The number of fused-ring (bicyclic) bond motifs is 1. The van der Waals surface area contributed by atoms with Gasteiger partial charge in [0.2, 0.25) is 0 Å². The number of aliphatic imine (C=N–C) groups is 2. The van der Waals surface area contributed by atoms with Crippen LogP contribution in [-0.2, 0) is 5.54 Å². The van der Waals surface area contributed by atoms with Crippen molar-refractivity contribution in [3.63, 3.8) is 0 Å².